The van der Waals surface area contributed by atoms with Crippen LogP contribution in [0.5, 0.6) is 0 Å². The van der Waals surface area contributed by atoms with Crippen LogP contribution >= 0.6 is 0 Å². The van der Waals surface area contributed by atoms with E-state index in [1.54, 1.807) is 6.07 Å². The summed E-state index contributed by atoms with van der Waals surface area (Å²) in [5.41, 5.74) is 1.13. The third-order valence-corrected chi connectivity index (χ3v) is 3.43. The fourth-order valence-corrected chi connectivity index (χ4v) is 2.18. The Morgan fingerprint density at radius 3 is 2.70 bits per heavy atom. The summed E-state index contributed by atoms with van der Waals surface area (Å²) in [6.07, 6.45) is 1.85. The number of fused-ring (bicyclic) bond motifs is 1. The first kappa shape index (κ1) is 16.6. The maximum Gasteiger partial charge on any atom is 0.328 e. The molecule has 1 heterocycles. The van der Waals surface area contributed by atoms with Gasteiger partial charge in [0.1, 0.15) is 11.8 Å². The van der Waals surface area contributed by atoms with E-state index in [-0.39, 0.29) is 18.6 Å². The van der Waals surface area contributed by atoms with Crippen molar-refractivity contribution in [3.63, 3.8) is 0 Å². The summed E-state index contributed by atoms with van der Waals surface area (Å²) in [6.45, 7) is 1.43. The van der Waals surface area contributed by atoms with Crippen LogP contribution in [0.3, 0.4) is 0 Å². The zero-order valence-electron chi connectivity index (χ0n) is 13.0. The molecule has 1 atom stereocenters. The van der Waals surface area contributed by atoms with Crippen molar-refractivity contribution in [2.24, 2.45) is 0 Å². The van der Waals surface area contributed by atoms with Crippen LogP contribution in [0.1, 0.15) is 30.1 Å². The smallest absolute Gasteiger partial charge is 0.328 e. The molecule has 6 heteroatoms. The standard InChI is InChI=1S/C17H18N2O4/c1-11(20)7-8-15(17(22)23-2)19-16(21)13-9-12-5-3-4-6-14(12)18-10-13/h3-6,9-10,15H,7-8H2,1-2H3,(H,19,21)/t15-/m1/s1. The van der Waals surface area contributed by atoms with E-state index in [1.165, 1.54) is 20.2 Å². The fraction of sp³-hybridized carbons (Fsp3) is 0.294. The number of para-hydroxylation sites is 1. The number of carbonyl (C=O) groups is 3. The number of methoxy groups -OCH3 is 1. The Labute approximate surface area is 133 Å². The molecular formula is C17H18N2O4. The molecule has 0 aliphatic rings. The lowest BCUT2D eigenvalue weighted by Crippen LogP contribution is -2.41. The molecule has 6 nitrogen and oxygen atoms in total. The summed E-state index contributed by atoms with van der Waals surface area (Å²) in [5, 5.41) is 3.43. The number of hydrogen-bond acceptors (Lipinski definition) is 5. The lowest BCUT2D eigenvalue weighted by molar-refractivity contribution is -0.143. The number of carbonyl (C=O) groups excluding carboxylic acids is 3. The third kappa shape index (κ3) is 4.35. The molecule has 0 radical (unpaired) electrons. The van der Waals surface area contributed by atoms with Crippen LogP contribution in [-0.2, 0) is 14.3 Å². The zero-order chi connectivity index (χ0) is 16.8. The minimum absolute atomic E-state index is 0.0551. The second-order valence-electron chi connectivity index (χ2n) is 5.21. The predicted octanol–water partition coefficient (Wildman–Crippen LogP) is 1.88. The molecule has 0 spiro atoms. The van der Waals surface area contributed by atoms with Gasteiger partial charge in [-0.3, -0.25) is 9.78 Å². The van der Waals surface area contributed by atoms with Gasteiger partial charge in [-0.25, -0.2) is 4.79 Å². The molecule has 1 amide bonds. The molecule has 0 fully saturated rings. The topological polar surface area (TPSA) is 85.4 Å². The maximum absolute atomic E-state index is 12.3. The van der Waals surface area contributed by atoms with Gasteiger partial charge in [-0.1, -0.05) is 18.2 Å². The summed E-state index contributed by atoms with van der Waals surface area (Å²) in [5.74, 6) is -1.06. The van der Waals surface area contributed by atoms with Crippen molar-refractivity contribution in [1.82, 2.24) is 10.3 Å². The molecule has 0 aliphatic carbocycles. The van der Waals surface area contributed by atoms with Gasteiger partial charge in [0, 0.05) is 18.0 Å². The fourth-order valence-electron chi connectivity index (χ4n) is 2.18. The van der Waals surface area contributed by atoms with Gasteiger partial charge in [-0.2, -0.15) is 0 Å². The number of Topliss-reactive ketones (excluding diaryl/α,β-unsaturated/α-hetero) is 1. The highest BCUT2D eigenvalue weighted by Crippen LogP contribution is 2.13. The average Bonchev–Trinajstić information content (AvgIpc) is 2.57. The first-order chi connectivity index (χ1) is 11.0. The molecule has 23 heavy (non-hydrogen) atoms. The van der Waals surface area contributed by atoms with E-state index < -0.39 is 17.9 Å². The van der Waals surface area contributed by atoms with Crippen LogP contribution in [0.25, 0.3) is 10.9 Å². The van der Waals surface area contributed by atoms with E-state index in [2.05, 4.69) is 15.0 Å². The van der Waals surface area contributed by atoms with Gasteiger partial charge >= 0.3 is 5.97 Å². The Hall–Kier alpha value is -2.76. The number of pyridine rings is 1. The van der Waals surface area contributed by atoms with Gasteiger partial charge in [-0.05, 0) is 25.5 Å². The summed E-state index contributed by atoms with van der Waals surface area (Å²) in [4.78, 5) is 39.4. The lowest BCUT2D eigenvalue weighted by atomic mass is 10.1. The number of aromatic nitrogens is 1. The van der Waals surface area contributed by atoms with Crippen LogP contribution in [0, 0.1) is 0 Å². The van der Waals surface area contributed by atoms with Crippen LogP contribution < -0.4 is 5.32 Å². The maximum atomic E-state index is 12.3. The SMILES string of the molecule is COC(=O)[C@@H](CCC(C)=O)NC(=O)c1cnc2ccccc2c1. The Bertz CT molecular complexity index is 742. The summed E-state index contributed by atoms with van der Waals surface area (Å²) < 4.78 is 4.67. The highest BCUT2D eigenvalue weighted by molar-refractivity contribution is 5.99. The van der Waals surface area contributed by atoms with Crippen LogP contribution in [0.2, 0.25) is 0 Å². The number of esters is 1. The number of hydrogen-bond donors (Lipinski definition) is 1. The number of benzene rings is 1. The van der Waals surface area contributed by atoms with Gasteiger partial charge in [0.05, 0.1) is 18.2 Å². The average molecular weight is 314 g/mol. The minimum Gasteiger partial charge on any atom is -0.467 e. The van der Waals surface area contributed by atoms with E-state index in [0.29, 0.717) is 5.56 Å². The Kier molecular flexibility index (Phi) is 5.41. The van der Waals surface area contributed by atoms with Crippen molar-refractivity contribution in [1.29, 1.82) is 0 Å². The molecule has 120 valence electrons. The van der Waals surface area contributed by atoms with Crippen molar-refractivity contribution < 1.29 is 19.1 Å². The Balaban J connectivity index is 2.15. The van der Waals surface area contributed by atoms with Gasteiger partial charge < -0.3 is 14.8 Å². The molecule has 1 N–H and O–H groups in total. The van der Waals surface area contributed by atoms with Gasteiger partial charge in [0.15, 0.2) is 0 Å². The van der Waals surface area contributed by atoms with Crippen molar-refractivity contribution in [2.45, 2.75) is 25.8 Å². The van der Waals surface area contributed by atoms with E-state index in [0.717, 1.165) is 10.9 Å². The number of nitrogens with one attached hydrogen (secondary N) is 1. The zero-order valence-corrected chi connectivity index (χ0v) is 13.0. The summed E-state index contributed by atoms with van der Waals surface area (Å²) in [7, 11) is 1.24. The largest absolute Gasteiger partial charge is 0.467 e. The van der Waals surface area contributed by atoms with E-state index in [9.17, 15) is 14.4 Å². The van der Waals surface area contributed by atoms with Crippen LogP contribution in [-0.4, -0.2) is 35.8 Å². The number of amides is 1. The second-order valence-corrected chi connectivity index (χ2v) is 5.21. The molecule has 2 rings (SSSR count). The number of rotatable bonds is 6. The highest BCUT2D eigenvalue weighted by Gasteiger charge is 2.22. The van der Waals surface area contributed by atoms with Gasteiger partial charge in [-0.15, -0.1) is 0 Å². The van der Waals surface area contributed by atoms with Crippen molar-refractivity contribution >= 4 is 28.6 Å². The molecule has 0 saturated carbocycles. The van der Waals surface area contributed by atoms with E-state index in [1.807, 2.05) is 24.3 Å². The van der Waals surface area contributed by atoms with Crippen molar-refractivity contribution in [3.8, 4) is 0 Å². The first-order valence-electron chi connectivity index (χ1n) is 7.24. The molecule has 0 aliphatic heterocycles. The molecule has 1 aromatic carbocycles. The molecule has 0 saturated heterocycles. The number of nitrogens with zero attached hydrogens (tertiary/aromatic N) is 1. The number of ketones is 1. The predicted molar refractivity (Wildman–Crippen MR) is 84.9 cm³/mol. The normalized spacial score (nSPS) is 11.7. The molecular weight excluding hydrogens is 296 g/mol. The van der Waals surface area contributed by atoms with Crippen LogP contribution in [0.4, 0.5) is 0 Å². The van der Waals surface area contributed by atoms with Gasteiger partial charge in [0.25, 0.3) is 5.91 Å². The molecule has 0 unspecified atom stereocenters. The Morgan fingerprint density at radius 2 is 2.00 bits per heavy atom. The second kappa shape index (κ2) is 7.49. The monoisotopic (exact) mass is 314 g/mol. The summed E-state index contributed by atoms with van der Waals surface area (Å²) in [6, 6.07) is 8.27. The summed E-state index contributed by atoms with van der Waals surface area (Å²) >= 11 is 0. The first-order valence-corrected chi connectivity index (χ1v) is 7.24. The lowest BCUT2D eigenvalue weighted by Gasteiger charge is -2.16. The van der Waals surface area contributed by atoms with E-state index >= 15 is 0 Å². The highest BCUT2D eigenvalue weighted by atomic mass is 16.5. The quantitative estimate of drug-likeness (QED) is 0.823. The molecule has 1 aromatic heterocycles. The molecule has 2 aromatic rings. The van der Waals surface area contributed by atoms with E-state index in [4.69, 9.17) is 0 Å². The molecule has 0 bridgehead atoms. The van der Waals surface area contributed by atoms with Gasteiger partial charge in [0.2, 0.25) is 0 Å². The minimum atomic E-state index is -0.858. The van der Waals surface area contributed by atoms with Crippen molar-refractivity contribution in [3.05, 3.63) is 42.1 Å². The number of ether oxygens (including phenoxy) is 1. The Morgan fingerprint density at radius 1 is 1.26 bits per heavy atom. The van der Waals surface area contributed by atoms with Crippen molar-refractivity contribution in [2.75, 3.05) is 7.11 Å². The van der Waals surface area contributed by atoms with Crippen LogP contribution in [0.15, 0.2) is 36.5 Å². The third-order valence-electron chi connectivity index (χ3n) is 3.43.